The molecule has 0 spiro atoms. The lowest BCUT2D eigenvalue weighted by Crippen LogP contribution is -2.39. The van der Waals surface area contributed by atoms with Gasteiger partial charge in [0.25, 0.3) is 5.91 Å². The maximum absolute atomic E-state index is 13.0. The first kappa shape index (κ1) is 17.3. The number of ketones is 1. The molecular formula is C14H11F6NO2. The predicted molar refractivity (Wildman–Crippen MR) is 66.6 cm³/mol. The number of alkyl halides is 6. The Labute approximate surface area is 126 Å². The SMILES string of the molecule is O=C1CCN(C(=O)c2ccc(C(F)(F)F)cc2C(F)(F)F)CC1. The topological polar surface area (TPSA) is 37.4 Å². The molecule has 1 aromatic carbocycles. The maximum atomic E-state index is 13.0. The second-order valence-corrected chi connectivity index (χ2v) is 5.09. The lowest BCUT2D eigenvalue weighted by Gasteiger charge is -2.27. The number of carbonyl (C=O) groups is 2. The molecular weight excluding hydrogens is 328 g/mol. The third kappa shape index (κ3) is 3.83. The molecule has 1 aliphatic rings. The van der Waals surface area contributed by atoms with E-state index in [0.717, 1.165) is 4.90 Å². The third-order valence-corrected chi connectivity index (χ3v) is 3.49. The zero-order valence-electron chi connectivity index (χ0n) is 11.6. The van der Waals surface area contributed by atoms with Crippen molar-refractivity contribution in [3.63, 3.8) is 0 Å². The number of benzene rings is 1. The summed E-state index contributed by atoms with van der Waals surface area (Å²) in [7, 11) is 0. The van der Waals surface area contributed by atoms with Crippen LogP contribution in [0.4, 0.5) is 26.3 Å². The van der Waals surface area contributed by atoms with Crippen LogP contribution in [0, 0.1) is 0 Å². The molecule has 1 aromatic rings. The van der Waals surface area contributed by atoms with Crippen molar-refractivity contribution in [2.75, 3.05) is 13.1 Å². The molecule has 9 heteroatoms. The average Bonchev–Trinajstić information content (AvgIpc) is 2.45. The molecule has 1 amide bonds. The molecule has 23 heavy (non-hydrogen) atoms. The number of halogens is 6. The number of nitrogens with zero attached hydrogens (tertiary/aromatic N) is 1. The highest BCUT2D eigenvalue weighted by Gasteiger charge is 2.40. The van der Waals surface area contributed by atoms with Crippen LogP contribution >= 0.6 is 0 Å². The molecule has 0 atom stereocenters. The van der Waals surface area contributed by atoms with E-state index in [0.29, 0.717) is 12.1 Å². The zero-order valence-corrected chi connectivity index (χ0v) is 11.6. The summed E-state index contributed by atoms with van der Waals surface area (Å²) in [5.41, 5.74) is -3.95. The first-order valence-electron chi connectivity index (χ1n) is 6.59. The van der Waals surface area contributed by atoms with Gasteiger partial charge < -0.3 is 4.90 Å². The van der Waals surface area contributed by atoms with Crippen LogP contribution in [-0.2, 0) is 17.1 Å². The third-order valence-electron chi connectivity index (χ3n) is 3.49. The standard InChI is InChI=1S/C14H11F6NO2/c15-13(16,17)8-1-2-10(11(7-8)14(18,19)20)12(23)21-5-3-9(22)4-6-21/h1-2,7H,3-6H2. The first-order chi connectivity index (χ1) is 10.5. The van der Waals surface area contributed by atoms with Crippen LogP contribution in [0.15, 0.2) is 18.2 Å². The van der Waals surface area contributed by atoms with Crippen molar-refractivity contribution in [2.24, 2.45) is 0 Å². The molecule has 3 nitrogen and oxygen atoms in total. The van der Waals surface area contributed by atoms with Crippen LogP contribution < -0.4 is 0 Å². The van der Waals surface area contributed by atoms with E-state index in [2.05, 4.69) is 0 Å². The van der Waals surface area contributed by atoms with Gasteiger partial charge in [-0.15, -0.1) is 0 Å². The number of hydrogen-bond acceptors (Lipinski definition) is 2. The average molecular weight is 339 g/mol. The molecule has 0 saturated carbocycles. The van der Waals surface area contributed by atoms with Crippen molar-refractivity contribution in [2.45, 2.75) is 25.2 Å². The Morgan fingerprint density at radius 2 is 1.52 bits per heavy atom. The van der Waals surface area contributed by atoms with Gasteiger partial charge in [0.05, 0.1) is 16.7 Å². The Morgan fingerprint density at radius 3 is 2.00 bits per heavy atom. The van der Waals surface area contributed by atoms with E-state index >= 15 is 0 Å². The molecule has 0 unspecified atom stereocenters. The number of rotatable bonds is 1. The van der Waals surface area contributed by atoms with Crippen molar-refractivity contribution < 1.29 is 35.9 Å². The summed E-state index contributed by atoms with van der Waals surface area (Å²) in [6, 6.07) is 0.907. The Bertz CT molecular complexity index is 625. The molecule has 2 rings (SSSR count). The quantitative estimate of drug-likeness (QED) is 0.734. The van der Waals surface area contributed by atoms with Crippen molar-refractivity contribution in [3.8, 4) is 0 Å². The highest BCUT2D eigenvalue weighted by atomic mass is 19.4. The van der Waals surface area contributed by atoms with Crippen LogP contribution in [0.25, 0.3) is 0 Å². The van der Waals surface area contributed by atoms with Gasteiger partial charge in [0, 0.05) is 25.9 Å². The fourth-order valence-electron chi connectivity index (χ4n) is 2.27. The summed E-state index contributed by atoms with van der Waals surface area (Å²) in [5, 5.41) is 0. The van der Waals surface area contributed by atoms with E-state index in [1.807, 2.05) is 0 Å². The molecule has 0 aromatic heterocycles. The van der Waals surface area contributed by atoms with Crippen molar-refractivity contribution >= 4 is 11.7 Å². The van der Waals surface area contributed by atoms with E-state index in [4.69, 9.17) is 0 Å². The lowest BCUT2D eigenvalue weighted by molar-refractivity contribution is -0.143. The predicted octanol–water partition coefficient (Wildman–Crippen LogP) is 3.53. The number of likely N-dealkylation sites (tertiary alicyclic amines) is 1. The van der Waals surface area contributed by atoms with Gasteiger partial charge in [0.15, 0.2) is 0 Å². The largest absolute Gasteiger partial charge is 0.417 e. The smallest absolute Gasteiger partial charge is 0.338 e. The summed E-state index contributed by atoms with van der Waals surface area (Å²) in [6.07, 6.45) is -10.0. The van der Waals surface area contributed by atoms with Crippen molar-refractivity contribution in [1.29, 1.82) is 0 Å². The van der Waals surface area contributed by atoms with Crippen LogP contribution in [-0.4, -0.2) is 29.7 Å². The highest BCUT2D eigenvalue weighted by molar-refractivity contribution is 5.97. The summed E-state index contributed by atoms with van der Waals surface area (Å²) < 4.78 is 76.8. The van der Waals surface area contributed by atoms with E-state index in [-0.39, 0.29) is 37.8 Å². The Balaban J connectivity index is 2.41. The number of hydrogen-bond donors (Lipinski definition) is 0. The lowest BCUT2D eigenvalue weighted by atomic mass is 10.0. The highest BCUT2D eigenvalue weighted by Crippen LogP contribution is 2.37. The monoisotopic (exact) mass is 339 g/mol. The zero-order chi connectivity index (χ0) is 17.4. The first-order valence-corrected chi connectivity index (χ1v) is 6.59. The number of piperidine rings is 1. The van der Waals surface area contributed by atoms with Crippen LogP contribution in [0.3, 0.4) is 0 Å². The molecule has 0 aliphatic carbocycles. The van der Waals surface area contributed by atoms with Gasteiger partial charge in [0.2, 0.25) is 0 Å². The van der Waals surface area contributed by atoms with Crippen LogP contribution in [0.1, 0.15) is 34.3 Å². The fourth-order valence-corrected chi connectivity index (χ4v) is 2.27. The molecule has 126 valence electrons. The summed E-state index contributed by atoms with van der Waals surface area (Å²) in [5.74, 6) is -1.14. The fraction of sp³-hybridized carbons (Fsp3) is 0.429. The Kier molecular flexibility index (Phi) is 4.41. The Morgan fingerprint density at radius 1 is 0.957 bits per heavy atom. The van der Waals surface area contributed by atoms with Gasteiger partial charge in [-0.3, -0.25) is 9.59 Å². The van der Waals surface area contributed by atoms with Crippen molar-refractivity contribution in [1.82, 2.24) is 4.90 Å². The summed E-state index contributed by atoms with van der Waals surface area (Å²) in [4.78, 5) is 24.3. The van der Waals surface area contributed by atoms with Gasteiger partial charge in [-0.2, -0.15) is 26.3 Å². The van der Waals surface area contributed by atoms with Crippen molar-refractivity contribution in [3.05, 3.63) is 34.9 Å². The van der Waals surface area contributed by atoms with Gasteiger partial charge in [0.1, 0.15) is 5.78 Å². The van der Waals surface area contributed by atoms with Gasteiger partial charge in [-0.05, 0) is 18.2 Å². The minimum Gasteiger partial charge on any atom is -0.338 e. The summed E-state index contributed by atoms with van der Waals surface area (Å²) in [6.45, 7) is -0.0913. The van der Waals surface area contributed by atoms with Gasteiger partial charge >= 0.3 is 12.4 Å². The number of Topliss-reactive ketones (excluding diaryl/α,β-unsaturated/α-hetero) is 1. The molecule has 0 bridgehead atoms. The second-order valence-electron chi connectivity index (χ2n) is 5.09. The van der Waals surface area contributed by atoms with E-state index in [1.54, 1.807) is 0 Å². The van der Waals surface area contributed by atoms with Gasteiger partial charge in [-0.1, -0.05) is 0 Å². The van der Waals surface area contributed by atoms with Crippen LogP contribution in [0.5, 0.6) is 0 Å². The summed E-state index contributed by atoms with van der Waals surface area (Å²) >= 11 is 0. The molecule has 1 saturated heterocycles. The number of carbonyl (C=O) groups excluding carboxylic acids is 2. The molecule has 1 heterocycles. The molecule has 1 fully saturated rings. The number of amides is 1. The second kappa shape index (κ2) is 5.86. The minimum atomic E-state index is -5.10. The van der Waals surface area contributed by atoms with Gasteiger partial charge in [-0.25, -0.2) is 0 Å². The normalized spacial score (nSPS) is 16.6. The molecule has 0 N–H and O–H groups in total. The Hall–Kier alpha value is -2.06. The van der Waals surface area contributed by atoms with E-state index < -0.39 is 35.0 Å². The van der Waals surface area contributed by atoms with E-state index in [1.165, 1.54) is 0 Å². The van der Waals surface area contributed by atoms with Crippen LogP contribution in [0.2, 0.25) is 0 Å². The van der Waals surface area contributed by atoms with E-state index in [9.17, 15) is 35.9 Å². The maximum Gasteiger partial charge on any atom is 0.417 e. The minimum absolute atomic E-state index is 0.0216. The molecule has 1 aliphatic heterocycles. The molecule has 0 radical (unpaired) electrons.